The van der Waals surface area contributed by atoms with Crippen LogP contribution in [-0.4, -0.2) is 48.8 Å². The maximum Gasteiger partial charge on any atom is 0.289 e. The summed E-state index contributed by atoms with van der Waals surface area (Å²) >= 11 is 5.88. The van der Waals surface area contributed by atoms with Crippen molar-refractivity contribution in [2.24, 2.45) is 0 Å². The minimum absolute atomic E-state index is 0.101. The number of sulfonamides is 1. The molecule has 2 heterocycles. The van der Waals surface area contributed by atoms with Gasteiger partial charge in [0, 0.05) is 32.2 Å². The lowest BCUT2D eigenvalue weighted by Crippen LogP contribution is -2.49. The van der Waals surface area contributed by atoms with Crippen molar-refractivity contribution in [2.75, 3.05) is 31.1 Å². The Bertz CT molecular complexity index is 1030. The van der Waals surface area contributed by atoms with Gasteiger partial charge in [-0.3, -0.25) is 10.1 Å². The molecule has 27 heavy (non-hydrogen) atoms. The number of nitro groups is 1. The van der Waals surface area contributed by atoms with E-state index in [2.05, 4.69) is 4.98 Å². The summed E-state index contributed by atoms with van der Waals surface area (Å²) in [5, 5.41) is 20.4. The summed E-state index contributed by atoms with van der Waals surface area (Å²) in [6, 6.07) is 10.4. The fourth-order valence-corrected chi connectivity index (χ4v) is 4.54. The molecule has 1 aliphatic rings. The Kier molecular flexibility index (Phi) is 5.27. The maximum atomic E-state index is 12.8. The van der Waals surface area contributed by atoms with Crippen molar-refractivity contribution in [3.05, 3.63) is 57.2 Å². The summed E-state index contributed by atoms with van der Waals surface area (Å²) < 4.78 is 26.9. The Morgan fingerprint density at radius 1 is 1.15 bits per heavy atom. The minimum Gasteiger partial charge on any atom is -0.354 e. The maximum absolute atomic E-state index is 12.8. The van der Waals surface area contributed by atoms with E-state index in [-0.39, 0.29) is 28.7 Å². The van der Waals surface area contributed by atoms with Gasteiger partial charge in [0.25, 0.3) is 5.69 Å². The Hall–Kier alpha value is -2.74. The molecule has 0 spiro atoms. The number of hydrogen-bond donors (Lipinski definition) is 0. The van der Waals surface area contributed by atoms with Crippen molar-refractivity contribution in [3.63, 3.8) is 0 Å². The Labute approximate surface area is 160 Å². The van der Waals surface area contributed by atoms with E-state index < -0.39 is 20.6 Å². The van der Waals surface area contributed by atoms with Gasteiger partial charge >= 0.3 is 0 Å². The Morgan fingerprint density at radius 3 is 2.44 bits per heavy atom. The molecule has 0 radical (unpaired) electrons. The summed E-state index contributed by atoms with van der Waals surface area (Å²) in [5.74, 6) is 0.527. The van der Waals surface area contributed by atoms with E-state index >= 15 is 0 Å². The van der Waals surface area contributed by atoms with Crippen molar-refractivity contribution in [2.45, 2.75) is 4.90 Å². The molecule has 1 aromatic carbocycles. The molecule has 0 amide bonds. The first-order valence-electron chi connectivity index (χ1n) is 7.90. The van der Waals surface area contributed by atoms with E-state index in [1.807, 2.05) is 11.0 Å². The molecule has 2 aromatic rings. The van der Waals surface area contributed by atoms with Gasteiger partial charge in [-0.1, -0.05) is 23.7 Å². The average molecular weight is 408 g/mol. The summed E-state index contributed by atoms with van der Waals surface area (Å²) in [6.07, 6.45) is 0. The summed E-state index contributed by atoms with van der Waals surface area (Å²) in [4.78, 5) is 16.1. The predicted octanol–water partition coefficient (Wildman–Crippen LogP) is 2.03. The number of halogens is 1. The first-order valence-corrected chi connectivity index (χ1v) is 9.71. The average Bonchev–Trinajstić information content (AvgIpc) is 2.68. The van der Waals surface area contributed by atoms with Crippen molar-refractivity contribution in [1.82, 2.24) is 9.29 Å². The number of piperazine rings is 1. The molecule has 1 aliphatic heterocycles. The predicted molar refractivity (Wildman–Crippen MR) is 98.0 cm³/mol. The third-order valence-electron chi connectivity index (χ3n) is 4.18. The molecule has 0 unspecified atom stereocenters. The molecule has 11 heteroatoms. The van der Waals surface area contributed by atoms with Gasteiger partial charge in [0.2, 0.25) is 10.0 Å². The number of anilines is 1. The molecule has 0 bridgehead atoms. The number of nitrogens with zero attached hydrogens (tertiary/aromatic N) is 5. The summed E-state index contributed by atoms with van der Waals surface area (Å²) in [5.41, 5.74) is -0.345. The molecule has 1 aromatic heterocycles. The number of aromatic nitrogens is 1. The van der Waals surface area contributed by atoms with Crippen LogP contribution in [0, 0.1) is 21.4 Å². The highest BCUT2D eigenvalue weighted by molar-refractivity contribution is 7.89. The van der Waals surface area contributed by atoms with Crippen LogP contribution in [0.1, 0.15) is 5.69 Å². The van der Waals surface area contributed by atoms with E-state index in [0.29, 0.717) is 18.9 Å². The van der Waals surface area contributed by atoms with E-state index in [0.717, 1.165) is 0 Å². The molecule has 0 saturated carbocycles. The summed E-state index contributed by atoms with van der Waals surface area (Å²) in [6.45, 7) is 0.944. The standard InChI is InChI=1S/C16H14ClN5O4S/c17-12-5-6-16(19-13(12)11-18)20-7-9-21(10-8-20)27(25,26)15-4-2-1-3-14(15)22(23)24/h1-6H,7-10H2. The van der Waals surface area contributed by atoms with Crippen LogP contribution in [0.15, 0.2) is 41.3 Å². The highest BCUT2D eigenvalue weighted by Crippen LogP contribution is 2.28. The van der Waals surface area contributed by atoms with Crippen molar-refractivity contribution in [1.29, 1.82) is 5.26 Å². The van der Waals surface area contributed by atoms with Gasteiger partial charge in [0.1, 0.15) is 11.9 Å². The molecule has 0 N–H and O–H groups in total. The lowest BCUT2D eigenvalue weighted by atomic mass is 10.3. The van der Waals surface area contributed by atoms with E-state index in [1.54, 1.807) is 12.1 Å². The Morgan fingerprint density at radius 2 is 1.81 bits per heavy atom. The van der Waals surface area contributed by atoms with Gasteiger partial charge in [-0.25, -0.2) is 13.4 Å². The number of rotatable bonds is 4. The number of para-hydroxylation sites is 1. The second-order valence-corrected chi connectivity index (χ2v) is 8.04. The zero-order chi connectivity index (χ0) is 19.6. The van der Waals surface area contributed by atoms with Crippen LogP contribution in [0.4, 0.5) is 11.5 Å². The Balaban J connectivity index is 1.80. The number of pyridine rings is 1. The van der Waals surface area contributed by atoms with Crippen molar-refractivity contribution < 1.29 is 13.3 Å². The molecule has 0 aliphatic carbocycles. The molecule has 3 rings (SSSR count). The first kappa shape index (κ1) is 19.0. The SMILES string of the molecule is N#Cc1nc(N2CCN(S(=O)(=O)c3ccccc3[N+](=O)[O-])CC2)ccc1Cl. The van der Waals surface area contributed by atoms with E-state index in [9.17, 15) is 18.5 Å². The highest BCUT2D eigenvalue weighted by Gasteiger charge is 2.33. The lowest BCUT2D eigenvalue weighted by Gasteiger charge is -2.34. The minimum atomic E-state index is -3.99. The zero-order valence-electron chi connectivity index (χ0n) is 13.9. The normalized spacial score (nSPS) is 15.3. The van der Waals surface area contributed by atoms with Gasteiger partial charge in [-0.15, -0.1) is 0 Å². The monoisotopic (exact) mass is 407 g/mol. The molecule has 9 nitrogen and oxygen atoms in total. The molecular weight excluding hydrogens is 394 g/mol. The van der Waals surface area contributed by atoms with Crippen LogP contribution in [0.3, 0.4) is 0 Å². The van der Waals surface area contributed by atoms with Crippen LogP contribution in [0.25, 0.3) is 0 Å². The molecular formula is C16H14ClN5O4S. The smallest absolute Gasteiger partial charge is 0.289 e. The second-order valence-electron chi connectivity index (χ2n) is 5.73. The van der Waals surface area contributed by atoms with Crippen LogP contribution in [0.5, 0.6) is 0 Å². The molecule has 1 fully saturated rings. The van der Waals surface area contributed by atoms with Gasteiger partial charge in [0.15, 0.2) is 10.6 Å². The third kappa shape index (κ3) is 3.71. The van der Waals surface area contributed by atoms with Crippen molar-refractivity contribution in [3.8, 4) is 6.07 Å². The molecule has 140 valence electrons. The number of hydrogen-bond acceptors (Lipinski definition) is 7. The summed E-state index contributed by atoms with van der Waals surface area (Å²) in [7, 11) is -3.99. The quantitative estimate of drug-likeness (QED) is 0.561. The fourth-order valence-electron chi connectivity index (χ4n) is 2.81. The van der Waals surface area contributed by atoms with E-state index in [4.69, 9.17) is 16.9 Å². The van der Waals surface area contributed by atoms with Crippen LogP contribution >= 0.6 is 11.6 Å². The highest BCUT2D eigenvalue weighted by atomic mass is 35.5. The van der Waals surface area contributed by atoms with Crippen LogP contribution in [0.2, 0.25) is 5.02 Å². The second kappa shape index (κ2) is 7.48. The zero-order valence-corrected chi connectivity index (χ0v) is 15.5. The third-order valence-corrected chi connectivity index (χ3v) is 6.43. The van der Waals surface area contributed by atoms with Crippen molar-refractivity contribution >= 4 is 33.1 Å². The fraction of sp³-hybridized carbons (Fsp3) is 0.250. The van der Waals surface area contributed by atoms with Gasteiger partial charge in [-0.05, 0) is 18.2 Å². The van der Waals surface area contributed by atoms with E-state index in [1.165, 1.54) is 28.6 Å². The van der Waals surface area contributed by atoms with Crippen LogP contribution < -0.4 is 4.90 Å². The van der Waals surface area contributed by atoms with Gasteiger partial charge in [0.05, 0.1) is 9.95 Å². The topological polar surface area (TPSA) is 120 Å². The van der Waals surface area contributed by atoms with Gasteiger partial charge in [-0.2, -0.15) is 9.57 Å². The first-order chi connectivity index (χ1) is 12.8. The molecule has 0 atom stereocenters. The van der Waals surface area contributed by atoms with Gasteiger partial charge < -0.3 is 4.90 Å². The number of benzene rings is 1. The molecule has 1 saturated heterocycles. The van der Waals surface area contributed by atoms with Crippen LogP contribution in [-0.2, 0) is 10.0 Å². The lowest BCUT2D eigenvalue weighted by molar-refractivity contribution is -0.387. The number of nitro benzene ring substituents is 1. The largest absolute Gasteiger partial charge is 0.354 e. The number of nitriles is 1.